The predicted molar refractivity (Wildman–Crippen MR) is 77.7 cm³/mol. The summed E-state index contributed by atoms with van der Waals surface area (Å²) in [5.74, 6) is 0.759. The number of furan rings is 1. The minimum atomic E-state index is -0.261. The van der Waals surface area contributed by atoms with Gasteiger partial charge in [0.05, 0.1) is 12.1 Å². The summed E-state index contributed by atoms with van der Waals surface area (Å²) in [6.45, 7) is 7.37. The van der Waals surface area contributed by atoms with Gasteiger partial charge >= 0.3 is 0 Å². The van der Waals surface area contributed by atoms with E-state index in [0.717, 1.165) is 22.4 Å². The molecule has 1 aliphatic rings. The van der Waals surface area contributed by atoms with Crippen molar-refractivity contribution in [2.45, 2.75) is 26.4 Å². The molecule has 0 N–H and O–H groups in total. The third kappa shape index (κ3) is 2.65. The monoisotopic (exact) mass is 273 g/mol. The molecule has 2 heterocycles. The van der Waals surface area contributed by atoms with Crippen molar-refractivity contribution in [3.05, 3.63) is 42.4 Å². The van der Waals surface area contributed by atoms with Gasteiger partial charge in [-0.1, -0.05) is 18.2 Å². The Balaban J connectivity index is 1.95. The van der Waals surface area contributed by atoms with E-state index in [4.69, 9.17) is 14.0 Å². The number of hydrogen-bond donors (Lipinski definition) is 0. The number of para-hydroxylation sites is 1. The number of rotatable bonds is 2. The Hall–Kier alpha value is -1.94. The van der Waals surface area contributed by atoms with Crippen LogP contribution < -0.4 is 0 Å². The molecule has 0 unspecified atom stereocenters. The molecular weight excluding hydrogens is 254 g/mol. The van der Waals surface area contributed by atoms with Gasteiger partial charge in [0, 0.05) is 5.39 Å². The van der Waals surface area contributed by atoms with Crippen LogP contribution in [0, 0.1) is 0 Å². The van der Waals surface area contributed by atoms with E-state index in [0.29, 0.717) is 13.2 Å². The Morgan fingerprint density at radius 3 is 2.75 bits per heavy atom. The largest absolute Gasteiger partial charge is 0.497 e. The van der Waals surface area contributed by atoms with Crippen molar-refractivity contribution >= 4 is 16.7 Å². The summed E-state index contributed by atoms with van der Waals surface area (Å²) in [5, 5.41) is 2.92. The SMILES string of the molecule is CC(C)(C)ON1CCOC=C1c1cc2ccccc2o1. The van der Waals surface area contributed by atoms with Gasteiger partial charge in [-0.25, -0.2) is 5.06 Å². The number of nitrogens with zero attached hydrogens (tertiary/aromatic N) is 1. The maximum Gasteiger partial charge on any atom is 0.157 e. The zero-order valence-corrected chi connectivity index (χ0v) is 12.1. The molecule has 0 saturated heterocycles. The molecule has 4 nitrogen and oxygen atoms in total. The van der Waals surface area contributed by atoms with Crippen molar-refractivity contribution in [3.8, 4) is 0 Å². The summed E-state index contributed by atoms with van der Waals surface area (Å²) in [6.07, 6.45) is 1.70. The number of hydrogen-bond acceptors (Lipinski definition) is 4. The van der Waals surface area contributed by atoms with Crippen molar-refractivity contribution in [1.82, 2.24) is 5.06 Å². The Bertz CT molecular complexity index is 603. The summed E-state index contributed by atoms with van der Waals surface area (Å²) in [4.78, 5) is 5.97. The van der Waals surface area contributed by atoms with E-state index in [2.05, 4.69) is 0 Å². The summed E-state index contributed by atoms with van der Waals surface area (Å²) < 4.78 is 11.3. The fourth-order valence-electron chi connectivity index (χ4n) is 2.17. The van der Waals surface area contributed by atoms with Crippen molar-refractivity contribution < 1.29 is 14.0 Å². The minimum absolute atomic E-state index is 0.261. The van der Waals surface area contributed by atoms with Crippen LogP contribution in [-0.4, -0.2) is 23.8 Å². The van der Waals surface area contributed by atoms with Gasteiger partial charge in [-0.15, -0.1) is 0 Å². The number of hydroxylamine groups is 2. The topological polar surface area (TPSA) is 34.8 Å². The number of ether oxygens (including phenoxy) is 1. The van der Waals surface area contributed by atoms with Crippen LogP contribution in [0.15, 0.2) is 41.0 Å². The minimum Gasteiger partial charge on any atom is -0.497 e. The maximum atomic E-state index is 5.97. The maximum absolute atomic E-state index is 5.97. The first-order valence-electron chi connectivity index (χ1n) is 6.80. The molecule has 0 atom stereocenters. The van der Waals surface area contributed by atoms with Crippen molar-refractivity contribution in [3.63, 3.8) is 0 Å². The standard InChI is InChI=1S/C16H19NO3/c1-16(2,3)20-17-8-9-18-11-13(17)15-10-12-6-4-5-7-14(12)19-15/h4-7,10-11H,8-9H2,1-3H3. The van der Waals surface area contributed by atoms with Gasteiger partial charge < -0.3 is 9.15 Å². The molecule has 0 radical (unpaired) electrons. The molecular formula is C16H19NO3. The molecule has 0 fully saturated rings. The lowest BCUT2D eigenvalue weighted by Gasteiger charge is -2.33. The van der Waals surface area contributed by atoms with Gasteiger partial charge in [0.15, 0.2) is 5.76 Å². The second kappa shape index (κ2) is 4.87. The molecule has 0 saturated carbocycles. The molecule has 1 aromatic carbocycles. The van der Waals surface area contributed by atoms with Gasteiger partial charge in [-0.3, -0.25) is 4.84 Å². The molecule has 0 spiro atoms. The van der Waals surface area contributed by atoms with Crippen LogP contribution >= 0.6 is 0 Å². The Morgan fingerprint density at radius 2 is 2.00 bits per heavy atom. The molecule has 0 amide bonds. The van der Waals surface area contributed by atoms with E-state index >= 15 is 0 Å². The quantitative estimate of drug-likeness (QED) is 0.833. The lowest BCUT2D eigenvalue weighted by molar-refractivity contribution is -0.199. The highest BCUT2D eigenvalue weighted by atomic mass is 16.7. The predicted octanol–water partition coefficient (Wildman–Crippen LogP) is 3.79. The lowest BCUT2D eigenvalue weighted by atomic mass is 10.2. The van der Waals surface area contributed by atoms with E-state index in [1.807, 2.05) is 56.2 Å². The van der Waals surface area contributed by atoms with Gasteiger partial charge in [-0.05, 0) is 32.9 Å². The molecule has 1 aliphatic heterocycles. The van der Waals surface area contributed by atoms with E-state index in [9.17, 15) is 0 Å². The van der Waals surface area contributed by atoms with Gasteiger partial charge in [-0.2, -0.15) is 0 Å². The molecule has 0 bridgehead atoms. The van der Waals surface area contributed by atoms with Crippen molar-refractivity contribution in [1.29, 1.82) is 0 Å². The highest BCUT2D eigenvalue weighted by Gasteiger charge is 2.25. The van der Waals surface area contributed by atoms with Crippen LogP contribution in [0.2, 0.25) is 0 Å². The van der Waals surface area contributed by atoms with E-state index in [1.54, 1.807) is 6.26 Å². The lowest BCUT2D eigenvalue weighted by Crippen LogP contribution is -2.36. The number of benzene rings is 1. The average molecular weight is 273 g/mol. The fraction of sp³-hybridized carbons (Fsp3) is 0.375. The van der Waals surface area contributed by atoms with Crippen LogP contribution in [-0.2, 0) is 9.57 Å². The fourth-order valence-corrected chi connectivity index (χ4v) is 2.17. The normalized spacial score (nSPS) is 16.1. The van der Waals surface area contributed by atoms with Gasteiger partial charge in [0.1, 0.15) is 24.1 Å². The van der Waals surface area contributed by atoms with Crippen LogP contribution in [0.3, 0.4) is 0 Å². The van der Waals surface area contributed by atoms with Crippen LogP contribution in [0.4, 0.5) is 0 Å². The van der Waals surface area contributed by atoms with E-state index < -0.39 is 0 Å². The first-order chi connectivity index (χ1) is 9.53. The van der Waals surface area contributed by atoms with Gasteiger partial charge in [0.2, 0.25) is 0 Å². The first kappa shape index (κ1) is 13.1. The molecule has 20 heavy (non-hydrogen) atoms. The molecule has 0 aliphatic carbocycles. The Kier molecular flexibility index (Phi) is 3.18. The molecule has 106 valence electrons. The third-order valence-electron chi connectivity index (χ3n) is 2.94. The Labute approximate surface area is 118 Å². The average Bonchev–Trinajstić information content (AvgIpc) is 2.81. The van der Waals surface area contributed by atoms with Gasteiger partial charge in [0.25, 0.3) is 0 Å². The van der Waals surface area contributed by atoms with E-state index in [-0.39, 0.29) is 5.60 Å². The zero-order chi connectivity index (χ0) is 14.2. The highest BCUT2D eigenvalue weighted by molar-refractivity contribution is 5.81. The summed E-state index contributed by atoms with van der Waals surface area (Å²) in [7, 11) is 0. The molecule has 4 heteroatoms. The van der Waals surface area contributed by atoms with Crippen molar-refractivity contribution in [2.24, 2.45) is 0 Å². The summed E-state index contributed by atoms with van der Waals surface area (Å²) >= 11 is 0. The first-order valence-corrected chi connectivity index (χ1v) is 6.80. The molecule has 2 aromatic rings. The van der Waals surface area contributed by atoms with E-state index in [1.165, 1.54) is 0 Å². The molecule has 3 rings (SSSR count). The van der Waals surface area contributed by atoms with Crippen molar-refractivity contribution in [2.75, 3.05) is 13.2 Å². The smallest absolute Gasteiger partial charge is 0.157 e. The second-order valence-electron chi connectivity index (χ2n) is 5.83. The van der Waals surface area contributed by atoms with Crippen LogP contribution in [0.5, 0.6) is 0 Å². The summed E-state index contributed by atoms with van der Waals surface area (Å²) in [6, 6.07) is 9.95. The second-order valence-corrected chi connectivity index (χ2v) is 5.83. The van der Waals surface area contributed by atoms with Crippen LogP contribution in [0.25, 0.3) is 16.7 Å². The van der Waals surface area contributed by atoms with Crippen LogP contribution in [0.1, 0.15) is 26.5 Å². The zero-order valence-electron chi connectivity index (χ0n) is 12.1. The highest BCUT2D eigenvalue weighted by Crippen LogP contribution is 2.30. The summed E-state index contributed by atoms with van der Waals surface area (Å²) in [5.41, 5.74) is 1.43. The third-order valence-corrected chi connectivity index (χ3v) is 2.94. The molecule has 1 aromatic heterocycles. The number of fused-ring (bicyclic) bond motifs is 1. The Morgan fingerprint density at radius 1 is 1.20 bits per heavy atom.